The largest absolute Gasteiger partial charge is 0.284 e. The predicted octanol–water partition coefficient (Wildman–Crippen LogP) is 1.42. The van der Waals surface area contributed by atoms with E-state index in [9.17, 15) is 8.42 Å². The van der Waals surface area contributed by atoms with Gasteiger partial charge in [0, 0.05) is 5.69 Å². The molecule has 1 N–H and O–H groups in total. The molecular weight excluding hydrogens is 252 g/mol. The second-order valence-corrected chi connectivity index (χ2v) is 5.63. The zero-order chi connectivity index (χ0) is 13.0. The van der Waals surface area contributed by atoms with E-state index in [-0.39, 0.29) is 5.75 Å². The third-order valence-corrected chi connectivity index (χ3v) is 3.76. The maximum absolute atomic E-state index is 11.6. The Morgan fingerprint density at radius 3 is 2.33 bits per heavy atom. The van der Waals surface area contributed by atoms with Crippen molar-refractivity contribution in [2.45, 2.75) is 13.3 Å². The first-order chi connectivity index (χ1) is 8.61. The average Bonchev–Trinajstić information content (AvgIpc) is 2.82. The third-order valence-electron chi connectivity index (χ3n) is 2.26. The van der Waals surface area contributed by atoms with E-state index in [1.165, 1.54) is 4.80 Å². The molecule has 0 spiro atoms. The highest BCUT2D eigenvalue weighted by Gasteiger charge is 2.08. The molecule has 0 fully saturated rings. The molecule has 0 atom stereocenters. The van der Waals surface area contributed by atoms with Crippen LogP contribution in [0.1, 0.15) is 13.3 Å². The van der Waals surface area contributed by atoms with Crippen LogP contribution in [-0.4, -0.2) is 29.2 Å². The van der Waals surface area contributed by atoms with Crippen LogP contribution in [0.4, 0.5) is 5.69 Å². The van der Waals surface area contributed by atoms with Gasteiger partial charge in [-0.2, -0.15) is 15.0 Å². The fourth-order valence-electron chi connectivity index (χ4n) is 1.51. The highest BCUT2D eigenvalue weighted by molar-refractivity contribution is 7.92. The van der Waals surface area contributed by atoms with Crippen molar-refractivity contribution in [2.24, 2.45) is 0 Å². The Labute approximate surface area is 106 Å². The summed E-state index contributed by atoms with van der Waals surface area (Å²) in [5.41, 5.74) is 1.32. The summed E-state index contributed by atoms with van der Waals surface area (Å²) in [6, 6.07) is 6.88. The lowest BCUT2D eigenvalue weighted by Gasteiger charge is -2.07. The van der Waals surface area contributed by atoms with E-state index in [1.54, 1.807) is 36.7 Å². The van der Waals surface area contributed by atoms with Gasteiger partial charge in [-0.3, -0.25) is 4.72 Å². The van der Waals surface area contributed by atoms with Crippen LogP contribution in [0, 0.1) is 0 Å². The molecule has 1 heterocycles. The van der Waals surface area contributed by atoms with Crippen molar-refractivity contribution in [1.82, 2.24) is 15.0 Å². The highest BCUT2D eigenvalue weighted by atomic mass is 32.2. The lowest BCUT2D eigenvalue weighted by Crippen LogP contribution is -2.16. The van der Waals surface area contributed by atoms with Crippen molar-refractivity contribution in [3.8, 4) is 5.69 Å². The molecule has 0 saturated carbocycles. The van der Waals surface area contributed by atoms with Gasteiger partial charge in [0.15, 0.2) is 0 Å². The van der Waals surface area contributed by atoms with E-state index < -0.39 is 10.0 Å². The summed E-state index contributed by atoms with van der Waals surface area (Å²) in [6.07, 6.45) is 3.75. The minimum Gasteiger partial charge on any atom is -0.284 e. The van der Waals surface area contributed by atoms with Crippen LogP contribution < -0.4 is 4.72 Å². The van der Waals surface area contributed by atoms with Crippen molar-refractivity contribution in [3.63, 3.8) is 0 Å². The molecule has 7 heteroatoms. The topological polar surface area (TPSA) is 76.9 Å². The van der Waals surface area contributed by atoms with E-state index in [1.807, 2.05) is 6.92 Å². The first-order valence-electron chi connectivity index (χ1n) is 5.58. The van der Waals surface area contributed by atoms with Gasteiger partial charge in [0.1, 0.15) is 0 Å². The highest BCUT2D eigenvalue weighted by Crippen LogP contribution is 2.13. The Hall–Kier alpha value is -1.89. The number of anilines is 1. The van der Waals surface area contributed by atoms with E-state index in [2.05, 4.69) is 14.9 Å². The third kappa shape index (κ3) is 3.07. The minimum atomic E-state index is -3.24. The molecule has 0 bridgehead atoms. The Kier molecular flexibility index (Phi) is 3.61. The van der Waals surface area contributed by atoms with E-state index >= 15 is 0 Å². The number of rotatable bonds is 5. The molecule has 0 unspecified atom stereocenters. The average molecular weight is 266 g/mol. The predicted molar refractivity (Wildman–Crippen MR) is 69.1 cm³/mol. The van der Waals surface area contributed by atoms with Gasteiger partial charge in [-0.1, -0.05) is 6.92 Å². The van der Waals surface area contributed by atoms with Crippen LogP contribution >= 0.6 is 0 Å². The molecule has 0 aliphatic rings. The van der Waals surface area contributed by atoms with Crippen molar-refractivity contribution in [2.75, 3.05) is 10.5 Å². The molecule has 0 amide bonds. The van der Waals surface area contributed by atoms with Gasteiger partial charge in [-0.25, -0.2) is 8.42 Å². The molecule has 0 aliphatic heterocycles. The van der Waals surface area contributed by atoms with Gasteiger partial charge in [0.2, 0.25) is 10.0 Å². The summed E-state index contributed by atoms with van der Waals surface area (Å²) in [7, 11) is -3.24. The molecule has 6 nitrogen and oxygen atoms in total. The standard InChI is InChI=1S/C11H14N4O2S/c1-2-9-18(16,17)14-10-3-5-11(6-4-10)15-12-7-8-13-15/h3-8,14H,2,9H2,1H3. The second kappa shape index (κ2) is 5.18. The molecule has 0 aliphatic carbocycles. The van der Waals surface area contributed by atoms with Crippen LogP contribution in [0.15, 0.2) is 36.7 Å². The zero-order valence-electron chi connectivity index (χ0n) is 9.94. The number of aromatic nitrogens is 3. The number of hydrogen-bond donors (Lipinski definition) is 1. The first kappa shape index (κ1) is 12.6. The number of hydrogen-bond acceptors (Lipinski definition) is 4. The molecule has 96 valence electrons. The fourth-order valence-corrected chi connectivity index (χ4v) is 2.65. The number of nitrogens with zero attached hydrogens (tertiary/aromatic N) is 3. The molecule has 0 radical (unpaired) electrons. The van der Waals surface area contributed by atoms with Crippen LogP contribution in [0.3, 0.4) is 0 Å². The maximum Gasteiger partial charge on any atom is 0.232 e. The van der Waals surface area contributed by atoms with Crippen LogP contribution in [0.5, 0.6) is 0 Å². The van der Waals surface area contributed by atoms with Gasteiger partial charge in [-0.05, 0) is 30.7 Å². The summed E-state index contributed by atoms with van der Waals surface area (Å²) in [6.45, 7) is 1.83. The Morgan fingerprint density at radius 2 is 1.78 bits per heavy atom. The van der Waals surface area contributed by atoms with Gasteiger partial charge < -0.3 is 0 Å². The Bertz CT molecular complexity index is 590. The summed E-state index contributed by atoms with van der Waals surface area (Å²) >= 11 is 0. The van der Waals surface area contributed by atoms with Gasteiger partial charge >= 0.3 is 0 Å². The second-order valence-electron chi connectivity index (χ2n) is 3.79. The smallest absolute Gasteiger partial charge is 0.232 e. The van der Waals surface area contributed by atoms with Crippen molar-refractivity contribution < 1.29 is 8.42 Å². The SMILES string of the molecule is CCCS(=O)(=O)Nc1ccc(-n2nccn2)cc1. The number of nitrogens with one attached hydrogen (secondary N) is 1. The van der Waals surface area contributed by atoms with Gasteiger partial charge in [-0.15, -0.1) is 0 Å². The van der Waals surface area contributed by atoms with Crippen molar-refractivity contribution in [1.29, 1.82) is 0 Å². The molecule has 2 aromatic rings. The van der Waals surface area contributed by atoms with Crippen molar-refractivity contribution >= 4 is 15.7 Å². The number of sulfonamides is 1. The molecule has 2 rings (SSSR count). The Balaban J connectivity index is 2.14. The van der Waals surface area contributed by atoms with E-state index in [0.29, 0.717) is 12.1 Å². The normalized spacial score (nSPS) is 11.4. The lowest BCUT2D eigenvalue weighted by atomic mass is 10.3. The van der Waals surface area contributed by atoms with Crippen molar-refractivity contribution in [3.05, 3.63) is 36.7 Å². The number of benzene rings is 1. The van der Waals surface area contributed by atoms with Crippen LogP contribution in [-0.2, 0) is 10.0 Å². The van der Waals surface area contributed by atoms with E-state index in [4.69, 9.17) is 0 Å². The van der Waals surface area contributed by atoms with Crippen LogP contribution in [0.2, 0.25) is 0 Å². The maximum atomic E-state index is 11.6. The monoisotopic (exact) mass is 266 g/mol. The molecule has 18 heavy (non-hydrogen) atoms. The first-order valence-corrected chi connectivity index (χ1v) is 7.23. The summed E-state index contributed by atoms with van der Waals surface area (Å²) in [5.74, 6) is 0.120. The molecule has 1 aromatic carbocycles. The summed E-state index contributed by atoms with van der Waals surface area (Å²) < 4.78 is 25.7. The fraction of sp³-hybridized carbons (Fsp3) is 0.273. The molecule has 0 saturated heterocycles. The van der Waals surface area contributed by atoms with E-state index in [0.717, 1.165) is 5.69 Å². The van der Waals surface area contributed by atoms with Crippen LogP contribution in [0.25, 0.3) is 5.69 Å². The summed E-state index contributed by atoms with van der Waals surface area (Å²) in [4.78, 5) is 1.46. The minimum absolute atomic E-state index is 0.120. The van der Waals surface area contributed by atoms with Gasteiger partial charge in [0.25, 0.3) is 0 Å². The zero-order valence-corrected chi connectivity index (χ0v) is 10.8. The summed E-state index contributed by atoms with van der Waals surface area (Å²) in [5, 5.41) is 7.97. The van der Waals surface area contributed by atoms with Gasteiger partial charge in [0.05, 0.1) is 23.8 Å². The quantitative estimate of drug-likeness (QED) is 0.888. The Morgan fingerprint density at radius 1 is 1.17 bits per heavy atom. The molecular formula is C11H14N4O2S. The molecule has 1 aromatic heterocycles. The lowest BCUT2D eigenvalue weighted by molar-refractivity contribution is 0.600.